The Morgan fingerprint density at radius 3 is 2.70 bits per heavy atom. The number of anilines is 1. The van der Waals surface area contributed by atoms with E-state index in [2.05, 4.69) is 0 Å². The molecule has 2 aliphatic heterocycles. The van der Waals surface area contributed by atoms with Gasteiger partial charge in [-0.3, -0.25) is 9.59 Å². The van der Waals surface area contributed by atoms with Crippen LogP contribution < -0.4 is 4.90 Å². The van der Waals surface area contributed by atoms with Crippen LogP contribution in [0.5, 0.6) is 0 Å². The number of carbonyl (C=O) groups excluding carboxylic acids is 2. The highest BCUT2D eigenvalue weighted by Gasteiger charge is 2.24. The van der Waals surface area contributed by atoms with E-state index in [-0.39, 0.29) is 24.3 Å². The van der Waals surface area contributed by atoms with Gasteiger partial charge in [0, 0.05) is 49.8 Å². The number of hydrogen-bond acceptors (Lipinski definition) is 4. The van der Waals surface area contributed by atoms with E-state index in [4.69, 9.17) is 4.74 Å². The van der Waals surface area contributed by atoms with E-state index in [1.54, 1.807) is 21.9 Å². The van der Waals surface area contributed by atoms with Crippen molar-refractivity contribution in [2.24, 2.45) is 5.92 Å². The molecule has 0 saturated carbocycles. The number of amides is 2. The van der Waals surface area contributed by atoms with Crippen LogP contribution >= 0.6 is 0 Å². The standard InChI is InChI=1S/C17H22N2O4/c20-11-13-10-18(8-9-23-12-13)17(22)14-3-5-15(6-4-14)19-7-1-2-16(19)21/h3-6,13,20H,1-2,7-12H2. The Labute approximate surface area is 135 Å². The van der Waals surface area contributed by atoms with Crippen molar-refractivity contribution >= 4 is 17.5 Å². The van der Waals surface area contributed by atoms with Gasteiger partial charge in [0.15, 0.2) is 0 Å². The van der Waals surface area contributed by atoms with Gasteiger partial charge in [0.25, 0.3) is 5.91 Å². The average molecular weight is 318 g/mol. The normalized spacial score (nSPS) is 22.3. The van der Waals surface area contributed by atoms with Crippen LogP contribution in [0.2, 0.25) is 0 Å². The zero-order valence-electron chi connectivity index (χ0n) is 13.1. The molecule has 6 nitrogen and oxygen atoms in total. The molecule has 0 aromatic heterocycles. The van der Waals surface area contributed by atoms with Crippen molar-refractivity contribution < 1.29 is 19.4 Å². The molecule has 0 aliphatic carbocycles. The number of ether oxygens (including phenoxy) is 1. The number of carbonyl (C=O) groups is 2. The van der Waals surface area contributed by atoms with Gasteiger partial charge in [-0.1, -0.05) is 0 Å². The van der Waals surface area contributed by atoms with Gasteiger partial charge in [-0.25, -0.2) is 0 Å². The molecule has 3 rings (SSSR count). The summed E-state index contributed by atoms with van der Waals surface area (Å²) < 4.78 is 5.41. The van der Waals surface area contributed by atoms with Gasteiger partial charge in [0.2, 0.25) is 5.91 Å². The molecule has 1 atom stereocenters. The van der Waals surface area contributed by atoms with E-state index < -0.39 is 0 Å². The van der Waals surface area contributed by atoms with Crippen molar-refractivity contribution in [2.75, 3.05) is 44.4 Å². The van der Waals surface area contributed by atoms with Gasteiger partial charge in [0.05, 0.1) is 13.2 Å². The Kier molecular flexibility index (Phi) is 4.93. The van der Waals surface area contributed by atoms with Crippen molar-refractivity contribution in [3.8, 4) is 0 Å². The van der Waals surface area contributed by atoms with E-state index in [0.717, 1.165) is 18.7 Å². The zero-order chi connectivity index (χ0) is 16.2. The Hall–Kier alpha value is -1.92. The third-order valence-corrected chi connectivity index (χ3v) is 4.38. The van der Waals surface area contributed by atoms with E-state index in [9.17, 15) is 14.7 Å². The van der Waals surface area contributed by atoms with Crippen molar-refractivity contribution in [3.63, 3.8) is 0 Å². The van der Waals surface area contributed by atoms with Crippen LogP contribution in [0.25, 0.3) is 0 Å². The Balaban J connectivity index is 1.70. The van der Waals surface area contributed by atoms with Crippen LogP contribution in [0, 0.1) is 5.92 Å². The first-order valence-corrected chi connectivity index (χ1v) is 8.07. The van der Waals surface area contributed by atoms with Gasteiger partial charge in [-0.05, 0) is 30.7 Å². The first kappa shape index (κ1) is 16.0. The predicted octanol–water partition coefficient (Wildman–Crippen LogP) is 0.894. The van der Waals surface area contributed by atoms with Crippen LogP contribution in [0.3, 0.4) is 0 Å². The van der Waals surface area contributed by atoms with Gasteiger partial charge < -0.3 is 19.6 Å². The second-order valence-corrected chi connectivity index (χ2v) is 6.07. The highest BCUT2D eigenvalue weighted by Crippen LogP contribution is 2.22. The van der Waals surface area contributed by atoms with Crippen LogP contribution in [0.1, 0.15) is 23.2 Å². The Morgan fingerprint density at radius 1 is 1.26 bits per heavy atom. The quantitative estimate of drug-likeness (QED) is 0.899. The minimum atomic E-state index is -0.0618. The summed E-state index contributed by atoms with van der Waals surface area (Å²) in [5.74, 6) is 0.0377. The third-order valence-electron chi connectivity index (χ3n) is 4.38. The molecule has 1 unspecified atom stereocenters. The average Bonchev–Trinajstić information content (AvgIpc) is 2.86. The molecular formula is C17H22N2O4. The van der Waals surface area contributed by atoms with Crippen LogP contribution in [-0.2, 0) is 9.53 Å². The minimum Gasteiger partial charge on any atom is -0.396 e. The summed E-state index contributed by atoms with van der Waals surface area (Å²) >= 11 is 0. The van der Waals surface area contributed by atoms with E-state index in [1.165, 1.54) is 0 Å². The smallest absolute Gasteiger partial charge is 0.253 e. The fraction of sp³-hybridized carbons (Fsp3) is 0.529. The lowest BCUT2D eigenvalue weighted by molar-refractivity contribution is -0.117. The molecular weight excluding hydrogens is 296 g/mol. The molecule has 23 heavy (non-hydrogen) atoms. The predicted molar refractivity (Wildman–Crippen MR) is 85.3 cm³/mol. The summed E-state index contributed by atoms with van der Waals surface area (Å²) in [6, 6.07) is 7.19. The lowest BCUT2D eigenvalue weighted by Crippen LogP contribution is -2.36. The molecule has 2 aliphatic rings. The second kappa shape index (κ2) is 7.10. The third kappa shape index (κ3) is 3.54. The van der Waals surface area contributed by atoms with Gasteiger partial charge >= 0.3 is 0 Å². The molecule has 1 aromatic carbocycles. The fourth-order valence-corrected chi connectivity index (χ4v) is 3.06. The summed E-state index contributed by atoms with van der Waals surface area (Å²) in [5.41, 5.74) is 1.44. The Morgan fingerprint density at radius 2 is 2.04 bits per heavy atom. The minimum absolute atomic E-state index is 0.0137. The summed E-state index contributed by atoms with van der Waals surface area (Å²) in [7, 11) is 0. The SMILES string of the molecule is O=C(c1ccc(N2CCCC2=O)cc1)N1CCOCC(CO)C1. The van der Waals surface area contributed by atoms with Crippen LogP contribution in [0.15, 0.2) is 24.3 Å². The summed E-state index contributed by atoms with van der Waals surface area (Å²) in [6.07, 6.45) is 1.48. The summed E-state index contributed by atoms with van der Waals surface area (Å²) in [6.45, 7) is 2.76. The van der Waals surface area contributed by atoms with Crippen LogP contribution in [-0.4, -0.2) is 61.3 Å². The largest absolute Gasteiger partial charge is 0.396 e. The van der Waals surface area contributed by atoms with E-state index in [0.29, 0.717) is 38.3 Å². The first-order valence-electron chi connectivity index (χ1n) is 8.07. The fourth-order valence-electron chi connectivity index (χ4n) is 3.06. The van der Waals surface area contributed by atoms with E-state index >= 15 is 0 Å². The second-order valence-electron chi connectivity index (χ2n) is 6.07. The molecule has 2 fully saturated rings. The van der Waals surface area contributed by atoms with Crippen molar-refractivity contribution in [1.29, 1.82) is 0 Å². The lowest BCUT2D eigenvalue weighted by Gasteiger charge is -2.23. The van der Waals surface area contributed by atoms with Crippen LogP contribution in [0.4, 0.5) is 5.69 Å². The number of benzene rings is 1. The van der Waals surface area contributed by atoms with Crippen molar-refractivity contribution in [2.45, 2.75) is 12.8 Å². The molecule has 6 heteroatoms. The molecule has 124 valence electrons. The highest BCUT2D eigenvalue weighted by atomic mass is 16.5. The zero-order valence-corrected chi connectivity index (χ0v) is 13.1. The molecule has 2 heterocycles. The van der Waals surface area contributed by atoms with E-state index in [1.807, 2.05) is 12.1 Å². The van der Waals surface area contributed by atoms with Crippen molar-refractivity contribution in [3.05, 3.63) is 29.8 Å². The molecule has 1 N–H and O–H groups in total. The molecule has 0 spiro atoms. The monoisotopic (exact) mass is 318 g/mol. The number of hydrogen-bond donors (Lipinski definition) is 1. The van der Waals surface area contributed by atoms with Crippen molar-refractivity contribution in [1.82, 2.24) is 4.90 Å². The molecule has 1 aromatic rings. The maximum atomic E-state index is 12.6. The molecule has 2 amide bonds. The maximum Gasteiger partial charge on any atom is 0.253 e. The van der Waals surface area contributed by atoms with Gasteiger partial charge in [-0.15, -0.1) is 0 Å². The summed E-state index contributed by atoms with van der Waals surface area (Å²) in [5, 5.41) is 9.31. The van der Waals surface area contributed by atoms with Gasteiger partial charge in [0.1, 0.15) is 0 Å². The summed E-state index contributed by atoms with van der Waals surface area (Å²) in [4.78, 5) is 27.9. The van der Waals surface area contributed by atoms with Gasteiger partial charge in [-0.2, -0.15) is 0 Å². The topological polar surface area (TPSA) is 70.1 Å². The first-order chi connectivity index (χ1) is 11.2. The number of aliphatic hydroxyl groups is 1. The molecule has 0 radical (unpaired) electrons. The number of rotatable bonds is 3. The maximum absolute atomic E-state index is 12.6. The molecule has 2 saturated heterocycles. The number of nitrogens with zero attached hydrogens (tertiary/aromatic N) is 2. The Bertz CT molecular complexity index is 572. The molecule has 0 bridgehead atoms. The lowest BCUT2D eigenvalue weighted by atomic mass is 10.1. The highest BCUT2D eigenvalue weighted by molar-refractivity contribution is 5.97. The number of aliphatic hydroxyl groups excluding tert-OH is 1.